The first-order chi connectivity index (χ1) is 19.3. The summed E-state index contributed by atoms with van der Waals surface area (Å²) in [5.41, 5.74) is 3.35. The number of para-hydroxylation sites is 2. The van der Waals surface area contributed by atoms with E-state index in [2.05, 4.69) is 29.4 Å². The number of nitrogens with zero attached hydrogens (tertiary/aromatic N) is 4. The summed E-state index contributed by atoms with van der Waals surface area (Å²) in [6.07, 6.45) is 0.974. The number of hydrogen-bond acceptors (Lipinski definition) is 6. The minimum absolute atomic E-state index is 0.135. The number of hydrogen-bond donors (Lipinski definition) is 1. The fraction of sp³-hybridized carbons (Fsp3) is 0.300. The minimum Gasteiger partial charge on any atom is -0.325 e. The Kier molecular flexibility index (Phi) is 9.78. The van der Waals surface area contributed by atoms with E-state index in [9.17, 15) is 13.2 Å². The fourth-order valence-electron chi connectivity index (χ4n) is 4.45. The zero-order chi connectivity index (χ0) is 28.7. The second kappa shape index (κ2) is 13.3. The first-order valence-corrected chi connectivity index (χ1v) is 15.9. The molecule has 8 nitrogen and oxygen atoms in total. The molecule has 0 saturated heterocycles. The molecule has 0 radical (unpaired) electrons. The highest BCUT2D eigenvalue weighted by molar-refractivity contribution is 7.99. The van der Waals surface area contributed by atoms with Crippen molar-refractivity contribution in [3.8, 4) is 17.1 Å². The second-order valence-electron chi connectivity index (χ2n) is 9.33. The smallest absolute Gasteiger partial charge is 0.243 e. The minimum atomic E-state index is -3.65. The van der Waals surface area contributed by atoms with Crippen molar-refractivity contribution in [2.45, 2.75) is 50.1 Å². The molecule has 3 aromatic carbocycles. The number of sulfonamides is 1. The maximum Gasteiger partial charge on any atom is 0.243 e. The van der Waals surface area contributed by atoms with Gasteiger partial charge in [-0.3, -0.25) is 9.36 Å². The van der Waals surface area contributed by atoms with E-state index < -0.39 is 10.0 Å². The quantitative estimate of drug-likeness (QED) is 0.201. The van der Waals surface area contributed by atoms with E-state index in [1.54, 1.807) is 18.2 Å². The van der Waals surface area contributed by atoms with Gasteiger partial charge in [-0.1, -0.05) is 88.0 Å². The summed E-state index contributed by atoms with van der Waals surface area (Å²) in [6, 6.07) is 24.2. The van der Waals surface area contributed by atoms with Crippen LogP contribution >= 0.6 is 11.8 Å². The molecule has 0 unspecified atom stereocenters. The molecule has 0 bridgehead atoms. The molecule has 10 heteroatoms. The average Bonchev–Trinajstić information content (AvgIpc) is 3.41. The molecule has 0 fully saturated rings. The fourth-order valence-corrected chi connectivity index (χ4v) is 6.70. The third-order valence-electron chi connectivity index (χ3n) is 6.79. The molecule has 1 aromatic heterocycles. The number of carbonyl (C=O) groups is 1. The van der Waals surface area contributed by atoms with Gasteiger partial charge in [0.2, 0.25) is 15.9 Å². The van der Waals surface area contributed by atoms with Gasteiger partial charge in [-0.25, -0.2) is 8.42 Å². The van der Waals surface area contributed by atoms with Crippen molar-refractivity contribution in [2.75, 3.05) is 24.2 Å². The highest BCUT2D eigenvalue weighted by Gasteiger charge is 2.24. The standard InChI is InChI=1S/C30H35N5O3S2/c1-5-22(4)26-18-11-12-19-27(26)31-28(36)21-39-30-33-32-29(35(30)24-15-9-8-10-16-24)23-14-13-17-25(20-23)40(37,38)34(6-2)7-3/h8-20,22H,5-7,21H2,1-4H3,(H,31,36)/t22-/m0/s1. The summed E-state index contributed by atoms with van der Waals surface area (Å²) in [5.74, 6) is 0.815. The Bertz CT molecular complexity index is 1550. The van der Waals surface area contributed by atoms with Gasteiger partial charge in [0.25, 0.3) is 0 Å². The molecule has 1 amide bonds. The normalized spacial score (nSPS) is 12.4. The summed E-state index contributed by atoms with van der Waals surface area (Å²) in [4.78, 5) is 13.2. The SMILES string of the molecule is CC[C@H](C)c1ccccc1NC(=O)CSc1nnc(-c2cccc(S(=O)(=O)N(CC)CC)c2)n1-c1ccccc1. The summed E-state index contributed by atoms with van der Waals surface area (Å²) in [6.45, 7) is 8.68. The lowest BCUT2D eigenvalue weighted by Gasteiger charge is -2.19. The molecule has 0 aliphatic carbocycles. The van der Waals surface area contributed by atoms with E-state index in [1.807, 2.05) is 79.1 Å². The summed E-state index contributed by atoms with van der Waals surface area (Å²) in [7, 11) is -3.65. The largest absolute Gasteiger partial charge is 0.325 e. The topological polar surface area (TPSA) is 97.2 Å². The Morgan fingerprint density at radius 2 is 1.65 bits per heavy atom. The third-order valence-corrected chi connectivity index (χ3v) is 9.77. The molecule has 0 aliphatic rings. The summed E-state index contributed by atoms with van der Waals surface area (Å²) < 4.78 is 29.6. The lowest BCUT2D eigenvalue weighted by atomic mass is 9.97. The first-order valence-electron chi connectivity index (χ1n) is 13.4. The molecular formula is C30H35N5O3S2. The predicted octanol–water partition coefficient (Wildman–Crippen LogP) is 6.21. The summed E-state index contributed by atoms with van der Waals surface area (Å²) >= 11 is 1.28. The third kappa shape index (κ3) is 6.46. The van der Waals surface area contributed by atoms with Gasteiger partial charge in [0, 0.05) is 30.0 Å². The first kappa shape index (κ1) is 29.5. The molecule has 0 aliphatic heterocycles. The molecule has 1 heterocycles. The Hall–Kier alpha value is -3.47. The molecule has 0 saturated carbocycles. The lowest BCUT2D eigenvalue weighted by molar-refractivity contribution is -0.113. The lowest BCUT2D eigenvalue weighted by Crippen LogP contribution is -2.30. The van der Waals surface area contributed by atoms with E-state index in [4.69, 9.17) is 0 Å². The predicted molar refractivity (Wildman–Crippen MR) is 161 cm³/mol. The molecule has 1 N–H and O–H groups in total. The van der Waals surface area contributed by atoms with E-state index in [0.717, 1.165) is 23.4 Å². The number of carbonyl (C=O) groups excluding carboxylic acids is 1. The number of amides is 1. The molecular weight excluding hydrogens is 542 g/mol. The zero-order valence-electron chi connectivity index (χ0n) is 23.2. The maximum absolute atomic E-state index is 13.2. The molecule has 4 rings (SSSR count). The van der Waals surface area contributed by atoms with Crippen LogP contribution in [0.2, 0.25) is 0 Å². The number of anilines is 1. The Labute approximate surface area is 240 Å². The van der Waals surface area contributed by atoms with Crippen LogP contribution in [0.15, 0.2) is 88.9 Å². The van der Waals surface area contributed by atoms with E-state index in [0.29, 0.717) is 35.6 Å². The highest BCUT2D eigenvalue weighted by atomic mass is 32.2. The van der Waals surface area contributed by atoms with Gasteiger partial charge in [-0.05, 0) is 48.2 Å². The van der Waals surface area contributed by atoms with Gasteiger partial charge in [-0.15, -0.1) is 10.2 Å². The second-order valence-corrected chi connectivity index (χ2v) is 12.2. The van der Waals surface area contributed by atoms with Gasteiger partial charge in [0.15, 0.2) is 11.0 Å². The van der Waals surface area contributed by atoms with Crippen LogP contribution in [-0.2, 0) is 14.8 Å². The van der Waals surface area contributed by atoms with Crippen molar-refractivity contribution in [2.24, 2.45) is 0 Å². The molecule has 1 atom stereocenters. The number of aromatic nitrogens is 3. The van der Waals surface area contributed by atoms with Gasteiger partial charge < -0.3 is 5.32 Å². The number of rotatable bonds is 12. The van der Waals surface area contributed by atoms with Crippen LogP contribution < -0.4 is 5.32 Å². The highest BCUT2D eigenvalue weighted by Crippen LogP contribution is 2.31. The molecule has 40 heavy (non-hydrogen) atoms. The van der Waals surface area contributed by atoms with Crippen molar-refractivity contribution in [3.05, 3.63) is 84.4 Å². The average molecular weight is 578 g/mol. The number of benzene rings is 3. The Balaban J connectivity index is 1.64. The van der Waals surface area contributed by atoms with Crippen LogP contribution in [0.4, 0.5) is 5.69 Å². The van der Waals surface area contributed by atoms with Crippen LogP contribution in [0.5, 0.6) is 0 Å². The van der Waals surface area contributed by atoms with Crippen molar-refractivity contribution >= 4 is 33.4 Å². The number of thioether (sulfide) groups is 1. The van der Waals surface area contributed by atoms with Crippen LogP contribution in [-0.4, -0.2) is 52.2 Å². The van der Waals surface area contributed by atoms with Crippen molar-refractivity contribution in [3.63, 3.8) is 0 Å². The zero-order valence-corrected chi connectivity index (χ0v) is 24.9. The van der Waals surface area contributed by atoms with Gasteiger partial charge in [0.1, 0.15) is 0 Å². The molecule has 0 spiro atoms. The van der Waals surface area contributed by atoms with Crippen molar-refractivity contribution in [1.82, 2.24) is 19.1 Å². The Morgan fingerprint density at radius 3 is 2.35 bits per heavy atom. The van der Waals surface area contributed by atoms with Crippen LogP contribution in [0.1, 0.15) is 45.6 Å². The van der Waals surface area contributed by atoms with Crippen molar-refractivity contribution in [1.29, 1.82) is 0 Å². The van der Waals surface area contributed by atoms with Crippen molar-refractivity contribution < 1.29 is 13.2 Å². The van der Waals surface area contributed by atoms with Crippen LogP contribution in [0, 0.1) is 0 Å². The molecule has 210 valence electrons. The Morgan fingerprint density at radius 1 is 0.950 bits per heavy atom. The van der Waals surface area contributed by atoms with E-state index in [1.165, 1.54) is 16.1 Å². The van der Waals surface area contributed by atoms with E-state index >= 15 is 0 Å². The van der Waals surface area contributed by atoms with Crippen LogP contribution in [0.3, 0.4) is 0 Å². The maximum atomic E-state index is 13.2. The number of nitrogens with one attached hydrogen (secondary N) is 1. The molecule has 4 aromatic rings. The summed E-state index contributed by atoms with van der Waals surface area (Å²) in [5, 5.41) is 12.4. The monoisotopic (exact) mass is 577 g/mol. The van der Waals surface area contributed by atoms with Gasteiger partial charge >= 0.3 is 0 Å². The van der Waals surface area contributed by atoms with Gasteiger partial charge in [0.05, 0.1) is 10.6 Å². The van der Waals surface area contributed by atoms with Gasteiger partial charge in [-0.2, -0.15) is 4.31 Å². The van der Waals surface area contributed by atoms with E-state index in [-0.39, 0.29) is 16.6 Å². The van der Waals surface area contributed by atoms with Crippen LogP contribution in [0.25, 0.3) is 17.1 Å².